The van der Waals surface area contributed by atoms with Crippen LogP contribution in [0.2, 0.25) is 0 Å². The Kier molecular flexibility index (Phi) is 5.89. The van der Waals surface area contributed by atoms with Crippen molar-refractivity contribution in [2.75, 3.05) is 13.7 Å². The third kappa shape index (κ3) is 4.27. The fraction of sp³-hybridized carbons (Fsp3) is 0.545. The van der Waals surface area contributed by atoms with E-state index in [1.165, 1.54) is 6.07 Å². The lowest BCUT2D eigenvalue weighted by Crippen LogP contribution is -2.44. The van der Waals surface area contributed by atoms with Gasteiger partial charge in [0.1, 0.15) is 17.6 Å². The summed E-state index contributed by atoms with van der Waals surface area (Å²) in [4.78, 5) is 15.0. The number of benzene rings is 1. The van der Waals surface area contributed by atoms with Crippen LogP contribution in [0.4, 0.5) is 4.39 Å². The number of methoxy groups -OCH3 is 1. The van der Waals surface area contributed by atoms with Crippen LogP contribution in [0.1, 0.15) is 45.4 Å². The normalized spacial score (nSPS) is 17.3. The molecule has 6 heteroatoms. The molecule has 152 valence electrons. The summed E-state index contributed by atoms with van der Waals surface area (Å²) in [7, 11) is 1.59. The number of amides is 1. The first kappa shape index (κ1) is 20.5. The minimum absolute atomic E-state index is 0.00997. The molecule has 2 aromatic rings. The van der Waals surface area contributed by atoms with Crippen molar-refractivity contribution in [2.24, 2.45) is 11.3 Å². The van der Waals surface area contributed by atoms with Crippen LogP contribution in [-0.4, -0.2) is 40.3 Å². The number of hydrogen-bond donors (Lipinski definition) is 0. The van der Waals surface area contributed by atoms with E-state index in [1.54, 1.807) is 36.2 Å². The number of carbonyl (C=O) groups excluding carboxylic acids is 1. The highest BCUT2D eigenvalue weighted by atomic mass is 19.1. The van der Waals surface area contributed by atoms with Gasteiger partial charge in [0.2, 0.25) is 0 Å². The van der Waals surface area contributed by atoms with E-state index in [0.29, 0.717) is 37.5 Å². The number of fused-ring (bicyclic) bond motifs is 1. The number of nitrogens with zero attached hydrogens (tertiary/aromatic N) is 3. The fourth-order valence-corrected chi connectivity index (χ4v) is 3.93. The van der Waals surface area contributed by atoms with E-state index in [9.17, 15) is 9.18 Å². The molecule has 2 heterocycles. The molecule has 0 saturated carbocycles. The van der Waals surface area contributed by atoms with Gasteiger partial charge in [-0.3, -0.25) is 4.79 Å². The van der Waals surface area contributed by atoms with Crippen molar-refractivity contribution in [3.05, 3.63) is 47.5 Å². The lowest BCUT2D eigenvalue weighted by molar-refractivity contribution is -0.144. The monoisotopic (exact) mass is 387 g/mol. The standard InChI is InChI=1S/C22H30FN3O2/c1-15(2)10-20(28-5)21(27)25-13-16-12-24-26(18-9-7-6-8-17(18)23)19(16)11-22(3,4)14-25/h6-9,12,15,20H,10-11,13-14H2,1-5H3. The highest BCUT2D eigenvalue weighted by Crippen LogP contribution is 2.32. The van der Waals surface area contributed by atoms with E-state index < -0.39 is 6.10 Å². The van der Waals surface area contributed by atoms with Crippen LogP contribution in [0.3, 0.4) is 0 Å². The summed E-state index contributed by atoms with van der Waals surface area (Å²) in [6, 6.07) is 6.65. The quantitative estimate of drug-likeness (QED) is 0.780. The van der Waals surface area contributed by atoms with E-state index in [4.69, 9.17) is 4.74 Å². The van der Waals surface area contributed by atoms with Crippen molar-refractivity contribution in [3.63, 3.8) is 0 Å². The zero-order valence-electron chi connectivity index (χ0n) is 17.4. The Morgan fingerprint density at radius 2 is 2.04 bits per heavy atom. The average molecular weight is 387 g/mol. The van der Waals surface area contributed by atoms with E-state index in [0.717, 1.165) is 11.3 Å². The van der Waals surface area contributed by atoms with Crippen molar-refractivity contribution < 1.29 is 13.9 Å². The van der Waals surface area contributed by atoms with Gasteiger partial charge in [0.15, 0.2) is 0 Å². The van der Waals surface area contributed by atoms with Crippen LogP contribution in [-0.2, 0) is 22.5 Å². The molecule has 1 aliphatic heterocycles. The van der Waals surface area contributed by atoms with Crippen LogP contribution in [0.25, 0.3) is 5.69 Å². The Bertz CT molecular complexity index is 844. The molecule has 3 rings (SSSR count). The summed E-state index contributed by atoms with van der Waals surface area (Å²) in [5.74, 6) is 0.0730. The molecular weight excluding hydrogens is 357 g/mol. The maximum atomic E-state index is 14.4. The molecule has 1 unspecified atom stereocenters. The van der Waals surface area contributed by atoms with E-state index >= 15 is 0 Å². The van der Waals surface area contributed by atoms with Gasteiger partial charge >= 0.3 is 0 Å². The van der Waals surface area contributed by atoms with Gasteiger partial charge in [-0.15, -0.1) is 0 Å². The predicted octanol–water partition coefficient (Wildman–Crippen LogP) is 3.98. The van der Waals surface area contributed by atoms with E-state index in [2.05, 4.69) is 32.8 Å². The summed E-state index contributed by atoms with van der Waals surface area (Å²) in [6.07, 6.45) is 2.71. The third-order valence-electron chi connectivity index (χ3n) is 5.22. The van der Waals surface area contributed by atoms with Crippen LogP contribution >= 0.6 is 0 Å². The molecule has 0 fully saturated rings. The van der Waals surface area contributed by atoms with Crippen LogP contribution in [0.5, 0.6) is 0 Å². The second-order valence-electron chi connectivity index (χ2n) is 8.87. The molecule has 0 radical (unpaired) electrons. The van der Waals surface area contributed by atoms with Crippen molar-refractivity contribution in [1.29, 1.82) is 0 Å². The SMILES string of the molecule is COC(CC(C)C)C(=O)N1Cc2cnn(-c3ccccc3F)c2CC(C)(C)C1. The van der Waals surface area contributed by atoms with Crippen LogP contribution in [0.15, 0.2) is 30.5 Å². The van der Waals surface area contributed by atoms with Gasteiger partial charge in [0.25, 0.3) is 5.91 Å². The molecule has 5 nitrogen and oxygen atoms in total. The van der Waals surface area contributed by atoms with E-state index in [1.807, 2.05) is 4.90 Å². The summed E-state index contributed by atoms with van der Waals surface area (Å²) in [5, 5.41) is 4.45. The maximum absolute atomic E-state index is 14.4. The number of halogens is 1. The smallest absolute Gasteiger partial charge is 0.252 e. The topological polar surface area (TPSA) is 47.4 Å². The number of aromatic nitrogens is 2. The van der Waals surface area contributed by atoms with Crippen LogP contribution < -0.4 is 0 Å². The second-order valence-corrected chi connectivity index (χ2v) is 8.87. The molecule has 1 amide bonds. The Morgan fingerprint density at radius 1 is 1.32 bits per heavy atom. The molecule has 0 aliphatic carbocycles. The Hall–Kier alpha value is -2.21. The summed E-state index contributed by atoms with van der Waals surface area (Å²) >= 11 is 0. The Morgan fingerprint density at radius 3 is 2.68 bits per heavy atom. The molecule has 0 N–H and O–H groups in total. The van der Waals surface area contributed by atoms with Gasteiger partial charge in [-0.25, -0.2) is 9.07 Å². The maximum Gasteiger partial charge on any atom is 0.252 e. The molecule has 0 bridgehead atoms. The molecule has 1 atom stereocenters. The van der Waals surface area contributed by atoms with Crippen molar-refractivity contribution in [1.82, 2.24) is 14.7 Å². The largest absolute Gasteiger partial charge is 0.372 e. The molecular formula is C22H30FN3O2. The average Bonchev–Trinajstić information content (AvgIpc) is 2.93. The van der Waals surface area contributed by atoms with Gasteiger partial charge in [-0.2, -0.15) is 5.10 Å². The van der Waals surface area contributed by atoms with Crippen molar-refractivity contribution >= 4 is 5.91 Å². The number of para-hydroxylation sites is 1. The zero-order chi connectivity index (χ0) is 20.5. The molecule has 1 aromatic heterocycles. The summed E-state index contributed by atoms with van der Waals surface area (Å²) < 4.78 is 21.5. The fourth-order valence-electron chi connectivity index (χ4n) is 3.93. The summed E-state index contributed by atoms with van der Waals surface area (Å²) in [6.45, 7) is 9.51. The lowest BCUT2D eigenvalue weighted by Gasteiger charge is -2.32. The highest BCUT2D eigenvalue weighted by Gasteiger charge is 2.35. The molecule has 1 aliphatic rings. The van der Waals surface area contributed by atoms with Gasteiger partial charge < -0.3 is 9.64 Å². The molecule has 28 heavy (non-hydrogen) atoms. The summed E-state index contributed by atoms with van der Waals surface area (Å²) in [5.41, 5.74) is 2.19. The minimum Gasteiger partial charge on any atom is -0.372 e. The first-order chi connectivity index (χ1) is 13.2. The zero-order valence-corrected chi connectivity index (χ0v) is 17.4. The lowest BCUT2D eigenvalue weighted by atomic mass is 9.87. The number of ether oxygens (including phenoxy) is 1. The van der Waals surface area contributed by atoms with Gasteiger partial charge in [0, 0.05) is 31.5 Å². The highest BCUT2D eigenvalue weighted by molar-refractivity contribution is 5.81. The van der Waals surface area contributed by atoms with Gasteiger partial charge in [0.05, 0.1) is 6.20 Å². The first-order valence-electron chi connectivity index (χ1n) is 9.84. The predicted molar refractivity (Wildman–Crippen MR) is 107 cm³/mol. The molecule has 0 saturated heterocycles. The first-order valence-corrected chi connectivity index (χ1v) is 9.84. The number of carbonyl (C=O) groups is 1. The van der Waals surface area contributed by atoms with E-state index in [-0.39, 0.29) is 17.1 Å². The van der Waals surface area contributed by atoms with Crippen molar-refractivity contribution in [2.45, 2.75) is 53.2 Å². The van der Waals surface area contributed by atoms with Crippen LogP contribution in [0, 0.1) is 17.2 Å². The van der Waals surface area contributed by atoms with Gasteiger partial charge in [-0.1, -0.05) is 39.8 Å². The number of rotatable bonds is 5. The molecule has 0 spiro atoms. The second kappa shape index (κ2) is 8.03. The number of hydrogen-bond acceptors (Lipinski definition) is 3. The van der Waals surface area contributed by atoms with Gasteiger partial charge in [-0.05, 0) is 36.3 Å². The van der Waals surface area contributed by atoms with Crippen molar-refractivity contribution in [3.8, 4) is 5.69 Å². The Balaban J connectivity index is 1.95. The molecule has 1 aromatic carbocycles. The third-order valence-corrected chi connectivity index (χ3v) is 5.22. The minimum atomic E-state index is -0.445. The Labute approximate surface area is 166 Å².